The van der Waals surface area contributed by atoms with Crippen LogP contribution in [0.5, 0.6) is 0 Å². The van der Waals surface area contributed by atoms with Crippen LogP contribution in [-0.2, 0) is 4.79 Å². The highest BCUT2D eigenvalue weighted by Gasteiger charge is 2.46. The summed E-state index contributed by atoms with van der Waals surface area (Å²) in [6.45, 7) is 4.32. The number of aliphatic hydroxyl groups is 1. The van der Waals surface area contributed by atoms with Crippen molar-refractivity contribution in [3.05, 3.63) is 0 Å². The molecule has 0 aromatic rings. The molecule has 0 amide bonds. The maximum atomic E-state index is 10.5. The summed E-state index contributed by atoms with van der Waals surface area (Å²) in [6.07, 6.45) is -0.109. The third kappa shape index (κ3) is 2.14. The second kappa shape index (κ2) is 3.73. The molecule has 2 aliphatic rings. The topological polar surface area (TPSA) is 64.0 Å². The van der Waals surface area contributed by atoms with Gasteiger partial charge in [-0.1, -0.05) is 0 Å². The van der Waals surface area contributed by atoms with Crippen molar-refractivity contribution >= 4 is 5.97 Å². The molecular weight excluding hydrogens is 196 g/mol. The molecule has 2 N–H and O–H groups in total. The van der Waals surface area contributed by atoms with Crippen molar-refractivity contribution in [1.29, 1.82) is 0 Å². The number of aliphatic hydroxyl groups excluding tert-OH is 1. The highest BCUT2D eigenvalue weighted by atomic mass is 16.4. The van der Waals surface area contributed by atoms with Crippen LogP contribution < -0.4 is 0 Å². The second-order valence-electron chi connectivity index (χ2n) is 5.01. The molecule has 0 aliphatic carbocycles. The second-order valence-corrected chi connectivity index (χ2v) is 5.01. The third-order valence-electron chi connectivity index (χ3n) is 3.44. The lowest BCUT2D eigenvalue weighted by Gasteiger charge is -2.46. The number of hydrogen-bond donors (Lipinski definition) is 2. The number of carboxylic acid groups (broad SMARTS) is 1. The predicted molar refractivity (Wildman–Crippen MR) is 54.6 cm³/mol. The Morgan fingerprint density at radius 2 is 2.13 bits per heavy atom. The van der Waals surface area contributed by atoms with E-state index in [1.807, 2.05) is 0 Å². The lowest BCUT2D eigenvalue weighted by Crippen LogP contribution is -2.55. The van der Waals surface area contributed by atoms with E-state index in [1.54, 1.807) is 0 Å². The monoisotopic (exact) mass is 214 g/mol. The molecule has 1 spiro atoms. The molecule has 1 atom stereocenters. The highest BCUT2D eigenvalue weighted by molar-refractivity contribution is 5.72. The van der Waals surface area contributed by atoms with Crippen LogP contribution in [0.25, 0.3) is 0 Å². The van der Waals surface area contributed by atoms with E-state index < -0.39 is 12.1 Å². The largest absolute Gasteiger partial charge is 0.479 e. The summed E-state index contributed by atoms with van der Waals surface area (Å²) in [4.78, 5) is 14.8. The van der Waals surface area contributed by atoms with Gasteiger partial charge in [0, 0.05) is 31.6 Å². The average molecular weight is 214 g/mol. The van der Waals surface area contributed by atoms with Gasteiger partial charge < -0.3 is 15.1 Å². The van der Waals surface area contributed by atoms with Gasteiger partial charge in [-0.25, -0.2) is 4.79 Å². The van der Waals surface area contributed by atoms with Crippen LogP contribution >= 0.6 is 0 Å². The molecule has 0 radical (unpaired) electrons. The average Bonchev–Trinajstić information content (AvgIpc) is 2.48. The van der Waals surface area contributed by atoms with E-state index in [-0.39, 0.29) is 6.54 Å². The SMILES string of the molecule is CN1CC2(CCN(CC(O)C(=O)O)C2)C1. The molecule has 0 bridgehead atoms. The fraction of sp³-hybridized carbons (Fsp3) is 0.900. The van der Waals surface area contributed by atoms with Crippen molar-refractivity contribution in [2.75, 3.05) is 39.8 Å². The number of aliphatic carboxylic acids is 1. The van der Waals surface area contributed by atoms with Crippen LogP contribution in [0.4, 0.5) is 0 Å². The first-order valence-corrected chi connectivity index (χ1v) is 5.33. The minimum absolute atomic E-state index is 0.265. The van der Waals surface area contributed by atoms with Gasteiger partial charge in [0.1, 0.15) is 0 Å². The van der Waals surface area contributed by atoms with Gasteiger partial charge in [0.15, 0.2) is 6.10 Å². The van der Waals surface area contributed by atoms with Gasteiger partial charge in [-0.2, -0.15) is 0 Å². The summed E-state index contributed by atoms with van der Waals surface area (Å²) in [5.41, 5.74) is 0.382. The van der Waals surface area contributed by atoms with Crippen LogP contribution in [0.15, 0.2) is 0 Å². The summed E-state index contributed by atoms with van der Waals surface area (Å²) in [5, 5.41) is 17.8. The first-order chi connectivity index (χ1) is 7.01. The number of rotatable bonds is 3. The predicted octanol–water partition coefficient (Wildman–Crippen LogP) is -0.931. The number of hydrogen-bond acceptors (Lipinski definition) is 4. The van der Waals surface area contributed by atoms with Crippen molar-refractivity contribution < 1.29 is 15.0 Å². The van der Waals surface area contributed by atoms with Crippen LogP contribution in [0, 0.1) is 5.41 Å². The van der Waals surface area contributed by atoms with Gasteiger partial charge >= 0.3 is 5.97 Å². The standard InChI is InChI=1S/C10H18N2O3/c1-11-5-10(6-11)2-3-12(7-10)4-8(13)9(14)15/h8,13H,2-7H2,1H3,(H,14,15). The van der Waals surface area contributed by atoms with E-state index >= 15 is 0 Å². The Labute approximate surface area is 89.3 Å². The number of likely N-dealkylation sites (tertiary alicyclic amines) is 2. The number of nitrogens with zero attached hydrogens (tertiary/aromatic N) is 2. The van der Waals surface area contributed by atoms with Crippen LogP contribution in [0.1, 0.15) is 6.42 Å². The van der Waals surface area contributed by atoms with Crippen molar-refractivity contribution in [1.82, 2.24) is 9.80 Å². The normalized spacial score (nSPS) is 27.9. The number of carbonyl (C=O) groups is 1. The van der Waals surface area contributed by atoms with Crippen LogP contribution in [0.2, 0.25) is 0 Å². The summed E-state index contributed by atoms with van der Waals surface area (Å²) in [7, 11) is 2.10. The Morgan fingerprint density at radius 3 is 2.67 bits per heavy atom. The van der Waals surface area contributed by atoms with E-state index in [2.05, 4.69) is 16.8 Å². The summed E-state index contributed by atoms with van der Waals surface area (Å²) < 4.78 is 0. The van der Waals surface area contributed by atoms with E-state index in [4.69, 9.17) is 5.11 Å². The number of carboxylic acids is 1. The quantitative estimate of drug-likeness (QED) is 0.635. The van der Waals surface area contributed by atoms with E-state index in [0.29, 0.717) is 5.41 Å². The van der Waals surface area contributed by atoms with Crippen LogP contribution in [-0.4, -0.2) is 71.9 Å². The zero-order valence-electron chi connectivity index (χ0n) is 9.02. The number of β-amino-alcohol motifs (C(OH)–C–C–N with tert-alkyl or cyclic N) is 1. The molecule has 5 heteroatoms. The van der Waals surface area contributed by atoms with Gasteiger partial charge in [-0.15, -0.1) is 0 Å². The smallest absolute Gasteiger partial charge is 0.333 e. The first-order valence-electron chi connectivity index (χ1n) is 5.33. The van der Waals surface area contributed by atoms with E-state index in [1.165, 1.54) is 0 Å². The van der Waals surface area contributed by atoms with Crippen molar-refractivity contribution in [3.63, 3.8) is 0 Å². The molecule has 0 aromatic carbocycles. The van der Waals surface area contributed by atoms with E-state index in [0.717, 1.165) is 32.6 Å². The fourth-order valence-corrected chi connectivity index (χ4v) is 2.86. The molecule has 5 nitrogen and oxygen atoms in total. The Hall–Kier alpha value is -0.650. The third-order valence-corrected chi connectivity index (χ3v) is 3.44. The molecular formula is C10H18N2O3. The molecule has 86 valence electrons. The van der Waals surface area contributed by atoms with Gasteiger partial charge in [0.25, 0.3) is 0 Å². The Bertz CT molecular complexity index is 263. The van der Waals surface area contributed by atoms with Gasteiger partial charge in [-0.05, 0) is 20.0 Å². The van der Waals surface area contributed by atoms with Crippen molar-refractivity contribution in [3.8, 4) is 0 Å². The molecule has 2 rings (SSSR count). The summed E-state index contributed by atoms with van der Waals surface area (Å²) >= 11 is 0. The van der Waals surface area contributed by atoms with Gasteiger partial charge in [0.05, 0.1) is 0 Å². The minimum atomic E-state index is -1.24. The lowest BCUT2D eigenvalue weighted by molar-refractivity contribution is -0.147. The van der Waals surface area contributed by atoms with Crippen molar-refractivity contribution in [2.24, 2.45) is 5.41 Å². The summed E-state index contributed by atoms with van der Waals surface area (Å²) in [6, 6.07) is 0. The Balaban J connectivity index is 1.81. The Kier molecular flexibility index (Phi) is 2.70. The van der Waals surface area contributed by atoms with Gasteiger partial charge in [0.2, 0.25) is 0 Å². The lowest BCUT2D eigenvalue weighted by atomic mass is 9.79. The van der Waals surface area contributed by atoms with E-state index in [9.17, 15) is 9.90 Å². The maximum absolute atomic E-state index is 10.5. The summed E-state index contributed by atoms with van der Waals surface area (Å²) in [5.74, 6) is -1.12. The fourth-order valence-electron chi connectivity index (χ4n) is 2.86. The van der Waals surface area contributed by atoms with Crippen molar-refractivity contribution in [2.45, 2.75) is 12.5 Å². The molecule has 15 heavy (non-hydrogen) atoms. The molecule has 0 saturated carbocycles. The molecule has 0 aromatic heterocycles. The minimum Gasteiger partial charge on any atom is -0.479 e. The molecule has 2 heterocycles. The molecule has 1 unspecified atom stereocenters. The zero-order chi connectivity index (χ0) is 11.1. The Morgan fingerprint density at radius 1 is 1.47 bits per heavy atom. The first kappa shape index (κ1) is 10.9. The molecule has 2 fully saturated rings. The zero-order valence-corrected chi connectivity index (χ0v) is 9.02. The van der Waals surface area contributed by atoms with Crippen LogP contribution in [0.3, 0.4) is 0 Å². The maximum Gasteiger partial charge on any atom is 0.333 e. The van der Waals surface area contributed by atoms with Gasteiger partial charge in [-0.3, -0.25) is 4.90 Å². The highest BCUT2D eigenvalue weighted by Crippen LogP contribution is 2.38. The molecule has 2 aliphatic heterocycles. The molecule has 2 saturated heterocycles.